The maximum atomic E-state index is 13.4. The first-order valence-corrected chi connectivity index (χ1v) is 15.5. The number of aryl methyl sites for hydroxylation is 3. The monoisotopic (exact) mass is 652 g/mol. The molecule has 6 aromatic carbocycles. The van der Waals surface area contributed by atoms with Crippen LogP contribution in [0.15, 0.2) is 78.9 Å². The molecule has 0 aliphatic carbocycles. The van der Waals surface area contributed by atoms with E-state index >= 15 is 0 Å². The van der Waals surface area contributed by atoms with Crippen molar-refractivity contribution in [2.75, 3.05) is 0 Å². The first-order chi connectivity index (χ1) is 22.4. The molecule has 0 fully saturated rings. The molecule has 0 aliphatic rings. The Hall–Kier alpha value is -5.23. The van der Waals surface area contributed by atoms with Crippen LogP contribution < -0.4 is 0 Å². The fourth-order valence-electron chi connectivity index (χ4n) is 5.10. The first-order valence-electron chi connectivity index (χ1n) is 15.1. The molecule has 0 aliphatic heterocycles. The van der Waals surface area contributed by atoms with Gasteiger partial charge in [0.2, 0.25) is 0 Å². The molecule has 6 heteroatoms. The van der Waals surface area contributed by atoms with Crippen molar-refractivity contribution in [3.8, 4) is 41.9 Å². The van der Waals surface area contributed by atoms with Crippen LogP contribution in [0.3, 0.4) is 0 Å². The zero-order chi connectivity index (χ0) is 35.4. The van der Waals surface area contributed by atoms with E-state index in [1.807, 2.05) is 52.8 Å². The molecule has 6 rings (SSSR count). The van der Waals surface area contributed by atoms with E-state index in [-0.39, 0.29) is 27.8 Å². The number of fused-ring (bicyclic) bond motifs is 3. The van der Waals surface area contributed by atoms with Crippen molar-refractivity contribution in [2.45, 2.75) is 48.5 Å². The Morgan fingerprint density at radius 1 is 0.553 bits per heavy atom. The molecule has 0 atom stereocenters. The predicted octanol–water partition coefficient (Wildman–Crippen LogP) is 11.5. The minimum Gasteiger partial charge on any atom is -0.508 e. The SMILES string of the molecule is C#Cc1c(F)ccc2cc(O)cc(C)c12.C#Cc1cccc2cc(O)cc(C)c12.CC.CC.Cc1cc(O)cc2ccc(F)c(Cl)c12. The maximum absolute atomic E-state index is 13.4. The largest absolute Gasteiger partial charge is 0.508 e. The quantitative estimate of drug-likeness (QED) is 0.143. The van der Waals surface area contributed by atoms with Crippen molar-refractivity contribution in [3.63, 3.8) is 0 Å². The highest BCUT2D eigenvalue weighted by Gasteiger charge is 2.10. The van der Waals surface area contributed by atoms with Gasteiger partial charge in [0.25, 0.3) is 0 Å². The Morgan fingerprint density at radius 2 is 0.979 bits per heavy atom. The molecule has 3 N–H and O–H groups in total. The lowest BCUT2D eigenvalue weighted by Crippen LogP contribution is -1.89. The van der Waals surface area contributed by atoms with E-state index in [2.05, 4.69) is 11.8 Å². The van der Waals surface area contributed by atoms with Gasteiger partial charge in [-0.25, -0.2) is 8.78 Å². The number of phenolic OH excluding ortho intramolecular Hbond substituents is 3. The number of halogens is 3. The maximum Gasteiger partial charge on any atom is 0.142 e. The van der Waals surface area contributed by atoms with Gasteiger partial charge in [-0.2, -0.15) is 0 Å². The minimum atomic E-state index is -0.437. The Labute approximate surface area is 281 Å². The summed E-state index contributed by atoms with van der Waals surface area (Å²) in [6.45, 7) is 13.5. The fraction of sp³-hybridized carbons (Fsp3) is 0.171. The molecule has 0 saturated heterocycles. The van der Waals surface area contributed by atoms with Crippen LogP contribution in [0.5, 0.6) is 17.2 Å². The predicted molar refractivity (Wildman–Crippen MR) is 195 cm³/mol. The van der Waals surface area contributed by atoms with Gasteiger partial charge in [0, 0.05) is 21.7 Å². The van der Waals surface area contributed by atoms with Crippen molar-refractivity contribution in [1.29, 1.82) is 0 Å². The molecule has 0 radical (unpaired) electrons. The van der Waals surface area contributed by atoms with Crippen molar-refractivity contribution in [1.82, 2.24) is 0 Å². The second-order valence-corrected chi connectivity index (χ2v) is 10.3. The summed E-state index contributed by atoms with van der Waals surface area (Å²) in [5, 5.41) is 33.1. The van der Waals surface area contributed by atoms with Crippen molar-refractivity contribution in [2.24, 2.45) is 0 Å². The number of hydrogen-bond donors (Lipinski definition) is 3. The summed E-state index contributed by atoms with van der Waals surface area (Å²) in [6.07, 6.45) is 10.7. The summed E-state index contributed by atoms with van der Waals surface area (Å²) in [5.41, 5.74) is 3.68. The smallest absolute Gasteiger partial charge is 0.142 e. The Morgan fingerprint density at radius 3 is 1.47 bits per heavy atom. The van der Waals surface area contributed by atoms with E-state index in [0.29, 0.717) is 10.8 Å². The molecule has 6 aromatic rings. The molecule has 0 aromatic heterocycles. The summed E-state index contributed by atoms with van der Waals surface area (Å²) < 4.78 is 26.5. The molecule has 0 bridgehead atoms. The van der Waals surface area contributed by atoms with Gasteiger partial charge in [0.1, 0.15) is 28.9 Å². The van der Waals surface area contributed by atoms with Crippen LogP contribution in [0.4, 0.5) is 8.78 Å². The van der Waals surface area contributed by atoms with E-state index in [4.69, 9.17) is 24.4 Å². The second-order valence-electron chi connectivity index (χ2n) is 9.96. The average Bonchev–Trinajstić information content (AvgIpc) is 3.05. The molecular formula is C41H39ClF2O3. The highest BCUT2D eigenvalue weighted by molar-refractivity contribution is 6.36. The number of benzene rings is 6. The highest BCUT2D eigenvalue weighted by Crippen LogP contribution is 2.32. The number of phenols is 3. The lowest BCUT2D eigenvalue weighted by Gasteiger charge is -2.06. The lowest BCUT2D eigenvalue weighted by atomic mass is 9.99. The van der Waals surface area contributed by atoms with Gasteiger partial charge in [0.15, 0.2) is 0 Å². The van der Waals surface area contributed by atoms with Gasteiger partial charge in [0.05, 0.1) is 10.6 Å². The lowest BCUT2D eigenvalue weighted by molar-refractivity contribution is 0.475. The van der Waals surface area contributed by atoms with Crippen LogP contribution in [0.2, 0.25) is 5.02 Å². The van der Waals surface area contributed by atoms with Crippen molar-refractivity contribution in [3.05, 3.63) is 123 Å². The molecule has 242 valence electrons. The van der Waals surface area contributed by atoms with Gasteiger partial charge >= 0.3 is 0 Å². The third-order valence-corrected chi connectivity index (χ3v) is 7.27. The molecule has 0 spiro atoms. The summed E-state index contributed by atoms with van der Waals surface area (Å²) in [5.74, 6) is 4.76. The van der Waals surface area contributed by atoms with Gasteiger partial charge in [-0.1, -0.05) is 75.4 Å². The van der Waals surface area contributed by atoms with Gasteiger partial charge < -0.3 is 15.3 Å². The number of hydrogen-bond acceptors (Lipinski definition) is 3. The molecule has 0 heterocycles. The van der Waals surface area contributed by atoms with E-state index in [1.165, 1.54) is 12.1 Å². The van der Waals surface area contributed by atoms with Crippen LogP contribution in [0, 0.1) is 57.1 Å². The van der Waals surface area contributed by atoms with Crippen LogP contribution >= 0.6 is 11.6 Å². The second kappa shape index (κ2) is 17.5. The molecule has 0 amide bonds. The molecule has 3 nitrogen and oxygen atoms in total. The number of terminal acetylenes is 2. The van der Waals surface area contributed by atoms with E-state index < -0.39 is 11.6 Å². The number of aromatic hydroxyl groups is 3. The average molecular weight is 653 g/mol. The van der Waals surface area contributed by atoms with Crippen molar-refractivity contribution >= 4 is 43.9 Å². The van der Waals surface area contributed by atoms with Gasteiger partial charge in [-0.15, -0.1) is 12.8 Å². The number of rotatable bonds is 0. The van der Waals surface area contributed by atoms with Crippen molar-refractivity contribution < 1.29 is 24.1 Å². The Bertz CT molecular complexity index is 2100. The summed E-state index contributed by atoms with van der Waals surface area (Å²) in [6, 6.07) is 21.3. The third kappa shape index (κ3) is 8.95. The highest BCUT2D eigenvalue weighted by atomic mass is 35.5. The van der Waals surface area contributed by atoms with Gasteiger partial charge in [-0.05, 0) is 108 Å². The molecule has 0 unspecified atom stereocenters. The fourth-order valence-corrected chi connectivity index (χ4v) is 5.42. The Kier molecular flexibility index (Phi) is 14.1. The van der Waals surface area contributed by atoms with Gasteiger partial charge in [-0.3, -0.25) is 0 Å². The Balaban J connectivity index is 0.000000233. The topological polar surface area (TPSA) is 60.7 Å². The standard InChI is InChI=1S/C13H9FO.C13H10O.C11H8ClFO.2C2H6/c1-3-11-12(14)5-4-9-7-10(15)6-8(2)13(9)11;1-3-10-5-4-6-11-8-12(14)7-9(2)13(10)11;1-6-4-8(14)5-7-2-3-9(13)11(12)10(6)7;2*1-2/h1,4-7,15H,2H3;1,4-8,14H,2H3;2-5,14H,1H3;2*1-2H3. The van der Waals surface area contributed by atoms with Crippen LogP contribution in [0.1, 0.15) is 55.5 Å². The summed E-state index contributed by atoms with van der Waals surface area (Å²) in [4.78, 5) is 0. The van der Waals surface area contributed by atoms with E-state index in [9.17, 15) is 24.1 Å². The zero-order valence-corrected chi connectivity index (χ0v) is 28.4. The first kappa shape index (κ1) is 38.0. The third-order valence-electron chi connectivity index (χ3n) is 6.90. The normalized spacial score (nSPS) is 9.70. The minimum absolute atomic E-state index is 0.111. The van der Waals surface area contributed by atoms with Crippen LogP contribution in [-0.4, -0.2) is 15.3 Å². The van der Waals surface area contributed by atoms with E-state index in [0.717, 1.165) is 43.8 Å². The van der Waals surface area contributed by atoms with Crippen LogP contribution in [-0.2, 0) is 0 Å². The molecular weight excluding hydrogens is 614 g/mol. The van der Waals surface area contributed by atoms with Crippen LogP contribution in [0.25, 0.3) is 32.3 Å². The molecule has 47 heavy (non-hydrogen) atoms. The molecule has 0 saturated carbocycles. The summed E-state index contributed by atoms with van der Waals surface area (Å²) >= 11 is 5.83. The zero-order valence-electron chi connectivity index (χ0n) is 27.6. The van der Waals surface area contributed by atoms with E-state index in [1.54, 1.807) is 62.4 Å². The summed E-state index contributed by atoms with van der Waals surface area (Å²) in [7, 11) is 0.